The third kappa shape index (κ3) is 9.27. The molecule has 0 aliphatic rings. The summed E-state index contributed by atoms with van der Waals surface area (Å²) in [6, 6.07) is 0. The molecule has 0 fully saturated rings. The normalized spacial score (nSPS) is 11.6. The second-order valence-electron chi connectivity index (χ2n) is 4.32. The van der Waals surface area contributed by atoms with Crippen LogP contribution in [0.15, 0.2) is 0 Å². The zero-order valence-electron chi connectivity index (χ0n) is 10.8. The molecule has 0 aromatic carbocycles. The molecule has 0 bridgehead atoms. The Morgan fingerprint density at radius 1 is 1.17 bits per heavy atom. The van der Waals surface area contributed by atoms with Gasteiger partial charge in [0.15, 0.2) is 0 Å². The molecule has 0 radical (unpaired) electrons. The van der Waals surface area contributed by atoms with Crippen molar-refractivity contribution in [3.8, 4) is 0 Å². The molecule has 0 saturated heterocycles. The molecule has 18 heavy (non-hydrogen) atoms. The zero-order chi connectivity index (χ0) is 14.0. The van der Waals surface area contributed by atoms with Crippen molar-refractivity contribution in [2.24, 2.45) is 0 Å². The van der Waals surface area contributed by atoms with Crippen LogP contribution in [0.2, 0.25) is 0 Å². The molecule has 0 rings (SSSR count). The number of carbonyl (C=O) groups is 1. The summed E-state index contributed by atoms with van der Waals surface area (Å²) in [4.78, 5) is 12.2. The molecular weight excluding hydrogens is 247 g/mol. The van der Waals surface area contributed by atoms with E-state index in [9.17, 15) is 18.0 Å². The lowest BCUT2D eigenvalue weighted by atomic mass is 10.1. The van der Waals surface area contributed by atoms with Crippen LogP contribution in [0.25, 0.3) is 0 Å². The van der Waals surface area contributed by atoms with Gasteiger partial charge in [-0.1, -0.05) is 32.6 Å². The van der Waals surface area contributed by atoms with Crippen molar-refractivity contribution < 1.29 is 23.1 Å². The second-order valence-corrected chi connectivity index (χ2v) is 4.32. The van der Waals surface area contributed by atoms with E-state index in [0.717, 1.165) is 25.7 Å². The molecule has 0 aromatic rings. The number of aliphatic hydroxyl groups excluding tert-OH is 1. The maximum Gasteiger partial charge on any atom is 0.406 e. The minimum absolute atomic E-state index is 0.125. The Bertz CT molecular complexity index is 232. The van der Waals surface area contributed by atoms with Crippen LogP contribution < -0.4 is 0 Å². The van der Waals surface area contributed by atoms with Crippen LogP contribution in [0.3, 0.4) is 0 Å². The Kier molecular flexibility index (Phi) is 8.79. The number of rotatable bonds is 9. The third-order valence-electron chi connectivity index (χ3n) is 2.59. The van der Waals surface area contributed by atoms with E-state index in [4.69, 9.17) is 5.11 Å². The molecular formula is C12H22F3NO2. The van der Waals surface area contributed by atoms with Gasteiger partial charge in [0, 0.05) is 13.0 Å². The molecule has 0 aromatic heterocycles. The van der Waals surface area contributed by atoms with Gasteiger partial charge in [-0.3, -0.25) is 4.79 Å². The van der Waals surface area contributed by atoms with E-state index in [1.165, 1.54) is 0 Å². The molecule has 0 heterocycles. The van der Waals surface area contributed by atoms with Crippen LogP contribution in [-0.4, -0.2) is 41.8 Å². The van der Waals surface area contributed by atoms with E-state index in [1.807, 2.05) is 0 Å². The summed E-state index contributed by atoms with van der Waals surface area (Å²) in [6.07, 6.45) is 0.350. The molecule has 6 heteroatoms. The Hall–Kier alpha value is -0.780. The van der Waals surface area contributed by atoms with E-state index in [-0.39, 0.29) is 13.0 Å². The number of aliphatic hydroxyl groups is 1. The third-order valence-corrected chi connectivity index (χ3v) is 2.59. The van der Waals surface area contributed by atoms with Crippen LogP contribution in [0.1, 0.15) is 45.4 Å². The minimum atomic E-state index is -4.41. The van der Waals surface area contributed by atoms with Gasteiger partial charge in [-0.2, -0.15) is 13.2 Å². The summed E-state index contributed by atoms with van der Waals surface area (Å²) < 4.78 is 36.6. The number of hydrogen-bond donors (Lipinski definition) is 1. The van der Waals surface area contributed by atoms with Crippen molar-refractivity contribution in [2.75, 3.05) is 19.7 Å². The number of nitrogens with zero attached hydrogens (tertiary/aromatic N) is 1. The van der Waals surface area contributed by atoms with Crippen LogP contribution in [-0.2, 0) is 4.79 Å². The first-order valence-corrected chi connectivity index (χ1v) is 6.36. The number of unbranched alkanes of at least 4 members (excludes halogenated alkanes) is 4. The summed E-state index contributed by atoms with van der Waals surface area (Å²) in [6.45, 7) is 0.0871. The molecule has 0 aliphatic carbocycles. The summed E-state index contributed by atoms with van der Waals surface area (Å²) in [7, 11) is 0. The van der Waals surface area contributed by atoms with Gasteiger partial charge in [0.25, 0.3) is 0 Å². The van der Waals surface area contributed by atoms with E-state index < -0.39 is 25.2 Å². The number of alkyl halides is 3. The molecule has 3 nitrogen and oxygen atoms in total. The molecule has 0 saturated carbocycles. The molecule has 0 unspecified atom stereocenters. The predicted octanol–water partition coefficient (Wildman–Crippen LogP) is 2.73. The fraction of sp³-hybridized carbons (Fsp3) is 0.917. The molecule has 0 aliphatic heterocycles. The second kappa shape index (κ2) is 9.19. The Labute approximate surface area is 106 Å². The van der Waals surface area contributed by atoms with Crippen LogP contribution in [0.4, 0.5) is 13.2 Å². The molecule has 108 valence electrons. The van der Waals surface area contributed by atoms with Gasteiger partial charge in [-0.25, -0.2) is 0 Å². The van der Waals surface area contributed by atoms with Crippen molar-refractivity contribution >= 4 is 5.91 Å². The maximum atomic E-state index is 12.2. The standard InChI is InChI=1S/C12H22F3NO2/c1-2-3-4-5-6-7-11(18)16(8-9-17)10-12(13,14)15/h17H,2-10H2,1H3. The highest BCUT2D eigenvalue weighted by molar-refractivity contribution is 5.76. The summed E-state index contributed by atoms with van der Waals surface area (Å²) in [5.41, 5.74) is 0. The fourth-order valence-electron chi connectivity index (χ4n) is 1.67. The molecule has 1 N–H and O–H groups in total. The van der Waals surface area contributed by atoms with Gasteiger partial charge in [-0.05, 0) is 6.42 Å². The number of amides is 1. The summed E-state index contributed by atoms with van der Waals surface area (Å²) in [5, 5.41) is 8.66. The van der Waals surface area contributed by atoms with E-state index in [1.54, 1.807) is 0 Å². The SMILES string of the molecule is CCCCCCCC(=O)N(CCO)CC(F)(F)F. The monoisotopic (exact) mass is 269 g/mol. The summed E-state index contributed by atoms with van der Waals surface area (Å²) in [5.74, 6) is -0.530. The van der Waals surface area contributed by atoms with Gasteiger partial charge in [0.2, 0.25) is 5.91 Å². The first-order chi connectivity index (χ1) is 8.40. The van der Waals surface area contributed by atoms with Crippen LogP contribution in [0, 0.1) is 0 Å². The highest BCUT2D eigenvalue weighted by Crippen LogP contribution is 2.17. The van der Waals surface area contributed by atoms with Gasteiger partial charge in [0.05, 0.1) is 6.61 Å². The van der Waals surface area contributed by atoms with Gasteiger partial charge in [0.1, 0.15) is 6.54 Å². The van der Waals surface area contributed by atoms with Crippen molar-refractivity contribution in [2.45, 2.75) is 51.6 Å². The van der Waals surface area contributed by atoms with E-state index >= 15 is 0 Å². The van der Waals surface area contributed by atoms with Crippen molar-refractivity contribution in [3.05, 3.63) is 0 Å². The lowest BCUT2D eigenvalue weighted by Gasteiger charge is -2.23. The minimum Gasteiger partial charge on any atom is -0.395 e. The Morgan fingerprint density at radius 2 is 1.78 bits per heavy atom. The van der Waals surface area contributed by atoms with Gasteiger partial charge < -0.3 is 10.0 Å². The van der Waals surface area contributed by atoms with Crippen LogP contribution in [0.5, 0.6) is 0 Å². The van der Waals surface area contributed by atoms with E-state index in [2.05, 4.69) is 6.92 Å². The average molecular weight is 269 g/mol. The highest BCUT2D eigenvalue weighted by Gasteiger charge is 2.32. The fourth-order valence-corrected chi connectivity index (χ4v) is 1.67. The van der Waals surface area contributed by atoms with Crippen molar-refractivity contribution in [3.63, 3.8) is 0 Å². The highest BCUT2D eigenvalue weighted by atomic mass is 19.4. The molecule has 0 spiro atoms. The smallest absolute Gasteiger partial charge is 0.395 e. The largest absolute Gasteiger partial charge is 0.406 e. The van der Waals surface area contributed by atoms with Crippen molar-refractivity contribution in [1.82, 2.24) is 4.90 Å². The number of halogens is 3. The average Bonchev–Trinajstić information content (AvgIpc) is 2.26. The summed E-state index contributed by atoms with van der Waals surface area (Å²) >= 11 is 0. The predicted molar refractivity (Wildman–Crippen MR) is 63.1 cm³/mol. The number of carbonyl (C=O) groups excluding carboxylic acids is 1. The molecule has 0 atom stereocenters. The molecule has 1 amide bonds. The topological polar surface area (TPSA) is 40.5 Å². The Balaban J connectivity index is 3.99. The first kappa shape index (κ1) is 17.2. The number of hydrogen-bond acceptors (Lipinski definition) is 2. The van der Waals surface area contributed by atoms with Gasteiger partial charge >= 0.3 is 6.18 Å². The van der Waals surface area contributed by atoms with Crippen LogP contribution >= 0.6 is 0 Å². The zero-order valence-corrected chi connectivity index (χ0v) is 10.8. The van der Waals surface area contributed by atoms with E-state index in [0.29, 0.717) is 11.3 Å². The maximum absolute atomic E-state index is 12.2. The van der Waals surface area contributed by atoms with Crippen molar-refractivity contribution in [1.29, 1.82) is 0 Å². The Morgan fingerprint density at radius 3 is 2.28 bits per heavy atom. The lowest BCUT2D eigenvalue weighted by Crippen LogP contribution is -2.40. The quantitative estimate of drug-likeness (QED) is 0.654. The first-order valence-electron chi connectivity index (χ1n) is 6.36. The lowest BCUT2D eigenvalue weighted by molar-refractivity contribution is -0.162. The van der Waals surface area contributed by atoms with Gasteiger partial charge in [-0.15, -0.1) is 0 Å².